The van der Waals surface area contributed by atoms with Crippen LogP contribution in [0.3, 0.4) is 0 Å². The number of hydrogen-bond acceptors (Lipinski definition) is 7. The summed E-state index contributed by atoms with van der Waals surface area (Å²) in [6.45, 7) is 1.96. The van der Waals surface area contributed by atoms with E-state index in [0.29, 0.717) is 5.75 Å². The van der Waals surface area contributed by atoms with Gasteiger partial charge in [-0.2, -0.15) is 11.8 Å². The number of aliphatic hydroxyl groups is 2. The Balaban J connectivity index is 4.47. The molecule has 1 unspecified atom stereocenters. The zero-order valence-corrected chi connectivity index (χ0v) is 11.8. The number of ether oxygens (including phenoxy) is 1. The Hall–Kier alpha value is -1.32. The lowest BCUT2D eigenvalue weighted by Crippen LogP contribution is -2.44. The maximum absolute atomic E-state index is 11.3. The van der Waals surface area contributed by atoms with Crippen LogP contribution >= 0.6 is 11.8 Å². The van der Waals surface area contributed by atoms with Crippen LogP contribution in [-0.2, 0) is 19.1 Å². The number of carboxylic acid groups (broad SMARTS) is 2. The molecule has 0 aromatic rings. The van der Waals surface area contributed by atoms with Gasteiger partial charge in [0.15, 0.2) is 6.10 Å². The normalized spacial score (nSPS) is 12.8. The summed E-state index contributed by atoms with van der Waals surface area (Å²) in [6, 6.07) is 0. The molecule has 0 aliphatic carbocycles. The molecule has 0 aliphatic rings. The molecule has 4 N–H and O–H groups in total. The molecule has 116 valence electrons. The molecular weight excluding hydrogens is 292 g/mol. The van der Waals surface area contributed by atoms with Crippen molar-refractivity contribution in [2.75, 3.05) is 11.5 Å². The van der Waals surface area contributed by atoms with Crippen LogP contribution in [0.25, 0.3) is 0 Å². The van der Waals surface area contributed by atoms with E-state index in [-0.39, 0.29) is 6.42 Å². The molecule has 0 aliphatic heterocycles. The first-order valence-electron chi connectivity index (χ1n) is 5.89. The van der Waals surface area contributed by atoms with Crippen molar-refractivity contribution in [2.24, 2.45) is 0 Å². The highest BCUT2D eigenvalue weighted by Crippen LogP contribution is 2.14. The molecule has 0 bridgehead atoms. The summed E-state index contributed by atoms with van der Waals surface area (Å²) in [6.07, 6.45) is -1.92. The number of carbonyl (C=O) groups is 3. The summed E-state index contributed by atoms with van der Waals surface area (Å²) < 4.78 is 4.44. The molecule has 0 saturated heterocycles. The van der Waals surface area contributed by atoms with E-state index < -0.39 is 36.2 Å². The zero-order valence-electron chi connectivity index (χ0n) is 10.9. The van der Waals surface area contributed by atoms with Gasteiger partial charge in [-0.15, -0.1) is 0 Å². The first kappa shape index (κ1) is 18.7. The summed E-state index contributed by atoms with van der Waals surface area (Å²) in [5, 5.41) is 35.6. The minimum atomic E-state index is -3.24. The fourth-order valence-electron chi connectivity index (χ4n) is 1.18. The minimum absolute atomic E-state index is 0.00507. The van der Waals surface area contributed by atoms with Crippen molar-refractivity contribution in [3.8, 4) is 0 Å². The number of hydrogen-bond donors (Lipinski definition) is 4. The Morgan fingerprint density at radius 2 is 1.80 bits per heavy atom. The SMILES string of the molecule is CCCSCCC(OC(=O)C(O)(O)CC(=O)O)C(=O)O. The molecule has 0 saturated carbocycles. The van der Waals surface area contributed by atoms with Gasteiger partial charge in [-0.1, -0.05) is 6.92 Å². The Labute approximate surface area is 119 Å². The molecule has 0 aromatic heterocycles. The second kappa shape index (κ2) is 8.77. The van der Waals surface area contributed by atoms with Gasteiger partial charge in [-0.3, -0.25) is 4.79 Å². The standard InChI is InChI=1S/C11H18O8S/c1-2-4-20-5-3-7(9(14)15)19-10(16)11(17,18)6-8(12)13/h7,17-18H,2-6H2,1H3,(H,12,13)(H,14,15). The average molecular weight is 310 g/mol. The molecule has 1 atom stereocenters. The highest BCUT2D eigenvalue weighted by Gasteiger charge is 2.40. The molecule has 0 amide bonds. The second-order valence-corrected chi connectivity index (χ2v) is 5.25. The van der Waals surface area contributed by atoms with Crippen LogP contribution in [-0.4, -0.2) is 61.7 Å². The van der Waals surface area contributed by atoms with E-state index in [9.17, 15) is 24.6 Å². The number of aliphatic carboxylic acids is 2. The molecule has 0 spiro atoms. The van der Waals surface area contributed by atoms with E-state index in [2.05, 4.69) is 4.74 Å². The second-order valence-electron chi connectivity index (χ2n) is 4.02. The van der Waals surface area contributed by atoms with Crippen LogP contribution in [0, 0.1) is 0 Å². The van der Waals surface area contributed by atoms with Gasteiger partial charge in [0.25, 0.3) is 5.79 Å². The summed E-state index contributed by atoms with van der Waals surface area (Å²) >= 11 is 1.47. The maximum Gasteiger partial charge on any atom is 0.367 e. The van der Waals surface area contributed by atoms with E-state index in [0.717, 1.165) is 12.2 Å². The van der Waals surface area contributed by atoms with Crippen LogP contribution in [0.5, 0.6) is 0 Å². The molecule has 0 fully saturated rings. The third kappa shape index (κ3) is 7.31. The Kier molecular flexibility index (Phi) is 8.19. The lowest BCUT2D eigenvalue weighted by Gasteiger charge is -2.21. The number of rotatable bonds is 10. The Morgan fingerprint density at radius 3 is 2.25 bits per heavy atom. The van der Waals surface area contributed by atoms with Gasteiger partial charge in [0.1, 0.15) is 6.42 Å². The van der Waals surface area contributed by atoms with Gasteiger partial charge in [-0.05, 0) is 17.9 Å². The number of carboxylic acids is 2. The molecule has 8 nitrogen and oxygen atoms in total. The predicted octanol–water partition coefficient (Wildman–Crippen LogP) is -0.328. The lowest BCUT2D eigenvalue weighted by atomic mass is 10.2. The largest absolute Gasteiger partial charge is 0.481 e. The summed E-state index contributed by atoms with van der Waals surface area (Å²) in [4.78, 5) is 32.6. The van der Waals surface area contributed by atoms with E-state index in [1.807, 2.05) is 6.92 Å². The first-order valence-corrected chi connectivity index (χ1v) is 7.04. The van der Waals surface area contributed by atoms with Crippen molar-refractivity contribution >= 4 is 29.7 Å². The summed E-state index contributed by atoms with van der Waals surface area (Å²) in [5.41, 5.74) is 0. The molecule has 0 rings (SSSR count). The molecular formula is C11H18O8S. The van der Waals surface area contributed by atoms with Crippen molar-refractivity contribution in [1.29, 1.82) is 0 Å². The summed E-state index contributed by atoms with van der Waals surface area (Å²) in [5.74, 6) is -6.74. The lowest BCUT2D eigenvalue weighted by molar-refractivity contribution is -0.219. The fraction of sp³-hybridized carbons (Fsp3) is 0.727. The zero-order chi connectivity index (χ0) is 15.8. The summed E-state index contributed by atoms with van der Waals surface area (Å²) in [7, 11) is 0. The maximum atomic E-state index is 11.3. The van der Waals surface area contributed by atoms with Crippen molar-refractivity contribution in [1.82, 2.24) is 0 Å². The molecule has 0 radical (unpaired) electrons. The van der Waals surface area contributed by atoms with Gasteiger partial charge in [-0.25, -0.2) is 9.59 Å². The number of esters is 1. The highest BCUT2D eigenvalue weighted by molar-refractivity contribution is 7.99. The van der Waals surface area contributed by atoms with Gasteiger partial charge in [0, 0.05) is 6.42 Å². The van der Waals surface area contributed by atoms with Crippen molar-refractivity contribution in [3.63, 3.8) is 0 Å². The number of thioether (sulfide) groups is 1. The Morgan fingerprint density at radius 1 is 1.20 bits per heavy atom. The third-order valence-corrected chi connectivity index (χ3v) is 3.34. The van der Waals surface area contributed by atoms with Crippen LogP contribution in [0.4, 0.5) is 0 Å². The number of carbonyl (C=O) groups excluding carboxylic acids is 1. The van der Waals surface area contributed by atoms with Crippen molar-refractivity contribution in [3.05, 3.63) is 0 Å². The molecule has 0 heterocycles. The van der Waals surface area contributed by atoms with E-state index in [1.165, 1.54) is 11.8 Å². The predicted molar refractivity (Wildman–Crippen MR) is 69.2 cm³/mol. The van der Waals surface area contributed by atoms with E-state index >= 15 is 0 Å². The monoisotopic (exact) mass is 310 g/mol. The molecule has 9 heteroatoms. The molecule has 20 heavy (non-hydrogen) atoms. The van der Waals surface area contributed by atoms with Crippen LogP contribution < -0.4 is 0 Å². The van der Waals surface area contributed by atoms with Crippen molar-refractivity contribution < 1.29 is 39.5 Å². The topological polar surface area (TPSA) is 141 Å². The smallest absolute Gasteiger partial charge is 0.367 e. The van der Waals surface area contributed by atoms with Crippen LogP contribution in [0.15, 0.2) is 0 Å². The van der Waals surface area contributed by atoms with E-state index in [4.69, 9.17) is 10.2 Å². The quantitative estimate of drug-likeness (QED) is 0.242. The minimum Gasteiger partial charge on any atom is -0.481 e. The van der Waals surface area contributed by atoms with E-state index in [1.54, 1.807) is 0 Å². The van der Waals surface area contributed by atoms with Crippen molar-refractivity contribution in [2.45, 2.75) is 38.1 Å². The highest BCUT2D eigenvalue weighted by atomic mass is 32.2. The molecule has 0 aromatic carbocycles. The first-order chi connectivity index (χ1) is 9.20. The van der Waals surface area contributed by atoms with Gasteiger partial charge in [0.05, 0.1) is 0 Å². The fourth-order valence-corrected chi connectivity index (χ4v) is 2.05. The third-order valence-electron chi connectivity index (χ3n) is 2.12. The van der Waals surface area contributed by atoms with Gasteiger partial charge < -0.3 is 25.2 Å². The van der Waals surface area contributed by atoms with Gasteiger partial charge >= 0.3 is 17.9 Å². The van der Waals surface area contributed by atoms with Crippen LogP contribution in [0.1, 0.15) is 26.2 Å². The Bertz CT molecular complexity index is 354. The average Bonchev–Trinajstić information content (AvgIpc) is 2.30. The van der Waals surface area contributed by atoms with Crippen LogP contribution in [0.2, 0.25) is 0 Å². The van der Waals surface area contributed by atoms with Gasteiger partial charge in [0.2, 0.25) is 0 Å².